The van der Waals surface area contributed by atoms with E-state index in [-0.39, 0.29) is 5.56 Å². The maximum absolute atomic E-state index is 12.0. The number of hydrogen-bond acceptors (Lipinski definition) is 1. The summed E-state index contributed by atoms with van der Waals surface area (Å²) in [6, 6.07) is 6.48. The molecule has 2 aromatic rings. The SMILES string of the molecule is Cc1c(Br)c(=O)n(C)c2ccc(C3CC3)cc12. The van der Waals surface area contributed by atoms with Crippen LogP contribution in [0.25, 0.3) is 10.9 Å². The van der Waals surface area contributed by atoms with Crippen LogP contribution in [0.5, 0.6) is 0 Å². The van der Waals surface area contributed by atoms with Gasteiger partial charge in [0.25, 0.3) is 5.56 Å². The number of aromatic nitrogens is 1. The lowest BCUT2D eigenvalue weighted by molar-refractivity contribution is 0.894. The third kappa shape index (κ3) is 1.64. The molecule has 0 atom stereocenters. The Morgan fingerprint density at radius 1 is 1.35 bits per heavy atom. The largest absolute Gasteiger partial charge is 0.310 e. The summed E-state index contributed by atoms with van der Waals surface area (Å²) in [5, 5.41) is 1.18. The van der Waals surface area contributed by atoms with Gasteiger partial charge in [-0.25, -0.2) is 0 Å². The van der Waals surface area contributed by atoms with Crippen LogP contribution in [0.4, 0.5) is 0 Å². The van der Waals surface area contributed by atoms with E-state index in [1.807, 2.05) is 14.0 Å². The minimum atomic E-state index is 0.0363. The normalized spacial score (nSPS) is 15.5. The Balaban J connectivity index is 2.39. The van der Waals surface area contributed by atoms with E-state index in [1.165, 1.54) is 23.8 Å². The highest BCUT2D eigenvalue weighted by Gasteiger charge is 2.24. The molecule has 3 rings (SSSR count). The maximum atomic E-state index is 12.0. The van der Waals surface area contributed by atoms with E-state index in [0.29, 0.717) is 4.47 Å². The number of fused-ring (bicyclic) bond motifs is 1. The maximum Gasteiger partial charge on any atom is 0.265 e. The lowest BCUT2D eigenvalue weighted by Crippen LogP contribution is -2.19. The zero-order chi connectivity index (χ0) is 12.2. The lowest BCUT2D eigenvalue weighted by Gasteiger charge is -2.11. The summed E-state index contributed by atoms with van der Waals surface area (Å²) in [5.41, 5.74) is 3.51. The average molecular weight is 292 g/mol. The number of nitrogens with zero attached hydrogens (tertiary/aromatic N) is 1. The first-order valence-electron chi connectivity index (χ1n) is 5.88. The van der Waals surface area contributed by atoms with E-state index >= 15 is 0 Å². The van der Waals surface area contributed by atoms with E-state index < -0.39 is 0 Å². The van der Waals surface area contributed by atoms with Gasteiger partial charge >= 0.3 is 0 Å². The van der Waals surface area contributed by atoms with Crippen LogP contribution < -0.4 is 5.56 Å². The van der Waals surface area contributed by atoms with Gasteiger partial charge in [0, 0.05) is 12.4 Å². The van der Waals surface area contributed by atoms with E-state index in [0.717, 1.165) is 17.0 Å². The van der Waals surface area contributed by atoms with Crippen molar-refractivity contribution in [3.05, 3.63) is 44.2 Å². The minimum Gasteiger partial charge on any atom is -0.310 e. The molecular formula is C14H14BrNO. The molecule has 0 amide bonds. The Kier molecular flexibility index (Phi) is 2.40. The van der Waals surface area contributed by atoms with Crippen molar-refractivity contribution in [2.24, 2.45) is 7.05 Å². The number of aryl methyl sites for hydroxylation is 2. The highest BCUT2D eigenvalue weighted by atomic mass is 79.9. The van der Waals surface area contributed by atoms with Gasteiger partial charge < -0.3 is 4.57 Å². The number of pyridine rings is 1. The molecule has 17 heavy (non-hydrogen) atoms. The number of benzene rings is 1. The summed E-state index contributed by atoms with van der Waals surface area (Å²) in [4.78, 5) is 12.0. The van der Waals surface area contributed by atoms with Crippen LogP contribution in [0.3, 0.4) is 0 Å². The van der Waals surface area contributed by atoms with Gasteiger partial charge in [0.15, 0.2) is 0 Å². The molecule has 1 fully saturated rings. The van der Waals surface area contributed by atoms with E-state index in [1.54, 1.807) is 4.57 Å². The highest BCUT2D eigenvalue weighted by molar-refractivity contribution is 9.10. The summed E-state index contributed by atoms with van der Waals surface area (Å²) in [6.45, 7) is 2.00. The van der Waals surface area contributed by atoms with Gasteiger partial charge in [-0.1, -0.05) is 6.07 Å². The molecule has 0 spiro atoms. The van der Waals surface area contributed by atoms with Crippen LogP contribution >= 0.6 is 15.9 Å². The molecule has 2 nitrogen and oxygen atoms in total. The fraction of sp³-hybridized carbons (Fsp3) is 0.357. The van der Waals surface area contributed by atoms with Gasteiger partial charge in [-0.05, 0) is 64.9 Å². The topological polar surface area (TPSA) is 22.0 Å². The summed E-state index contributed by atoms with van der Waals surface area (Å²) in [6.07, 6.45) is 2.61. The molecule has 0 unspecified atom stereocenters. The molecule has 88 valence electrons. The predicted octanol–water partition coefficient (Wildman–Crippen LogP) is 3.49. The Bertz CT molecular complexity index is 668. The van der Waals surface area contributed by atoms with Crippen LogP contribution in [0.15, 0.2) is 27.5 Å². The molecule has 0 N–H and O–H groups in total. The molecule has 1 heterocycles. The van der Waals surface area contributed by atoms with Gasteiger partial charge in [-0.15, -0.1) is 0 Å². The summed E-state index contributed by atoms with van der Waals surface area (Å²) in [7, 11) is 1.83. The fourth-order valence-corrected chi connectivity index (χ4v) is 2.83. The van der Waals surface area contributed by atoms with Crippen molar-refractivity contribution >= 4 is 26.8 Å². The third-order valence-electron chi connectivity index (χ3n) is 3.66. The average Bonchev–Trinajstić information content (AvgIpc) is 3.17. The zero-order valence-electron chi connectivity index (χ0n) is 9.96. The van der Waals surface area contributed by atoms with Crippen molar-refractivity contribution in [2.45, 2.75) is 25.7 Å². The van der Waals surface area contributed by atoms with Crippen molar-refractivity contribution in [3.8, 4) is 0 Å². The van der Waals surface area contributed by atoms with E-state index in [4.69, 9.17) is 0 Å². The lowest BCUT2D eigenvalue weighted by atomic mass is 10.0. The quantitative estimate of drug-likeness (QED) is 0.788. The molecule has 1 saturated carbocycles. The van der Waals surface area contributed by atoms with Crippen LogP contribution in [0.1, 0.15) is 29.9 Å². The standard InChI is InChI=1S/C14H14BrNO/c1-8-11-7-10(9-3-4-9)5-6-12(11)16(2)14(17)13(8)15/h5-7,9H,3-4H2,1-2H3. The van der Waals surface area contributed by atoms with E-state index in [2.05, 4.69) is 34.1 Å². The molecule has 0 radical (unpaired) electrons. The van der Waals surface area contributed by atoms with Crippen LogP contribution in [-0.2, 0) is 7.05 Å². The smallest absolute Gasteiger partial charge is 0.265 e. The third-order valence-corrected chi connectivity index (χ3v) is 4.59. The minimum absolute atomic E-state index is 0.0363. The molecular weight excluding hydrogens is 278 g/mol. The van der Waals surface area contributed by atoms with Gasteiger partial charge in [0.05, 0.1) is 9.99 Å². The van der Waals surface area contributed by atoms with Crippen molar-refractivity contribution in [3.63, 3.8) is 0 Å². The molecule has 0 aliphatic heterocycles. The predicted molar refractivity (Wildman–Crippen MR) is 73.6 cm³/mol. The fourth-order valence-electron chi connectivity index (χ4n) is 2.35. The first kappa shape index (κ1) is 11.0. The second-order valence-electron chi connectivity index (χ2n) is 4.85. The van der Waals surface area contributed by atoms with Crippen molar-refractivity contribution < 1.29 is 0 Å². The van der Waals surface area contributed by atoms with Gasteiger partial charge in [-0.3, -0.25) is 4.79 Å². The Hall–Kier alpha value is -1.09. The van der Waals surface area contributed by atoms with Gasteiger partial charge in [0.2, 0.25) is 0 Å². The Morgan fingerprint density at radius 3 is 2.71 bits per heavy atom. The molecule has 1 aliphatic carbocycles. The molecule has 1 aliphatic rings. The second-order valence-corrected chi connectivity index (χ2v) is 5.65. The molecule has 3 heteroatoms. The first-order valence-corrected chi connectivity index (χ1v) is 6.67. The number of hydrogen-bond donors (Lipinski definition) is 0. The summed E-state index contributed by atoms with van der Waals surface area (Å²) >= 11 is 3.39. The van der Waals surface area contributed by atoms with Crippen molar-refractivity contribution in [1.29, 1.82) is 0 Å². The molecule has 1 aromatic heterocycles. The first-order chi connectivity index (χ1) is 8.09. The number of rotatable bonds is 1. The van der Waals surface area contributed by atoms with Crippen LogP contribution in [0.2, 0.25) is 0 Å². The van der Waals surface area contributed by atoms with Crippen molar-refractivity contribution in [1.82, 2.24) is 4.57 Å². The highest BCUT2D eigenvalue weighted by Crippen LogP contribution is 2.41. The molecule has 0 bridgehead atoms. The van der Waals surface area contributed by atoms with Gasteiger partial charge in [0.1, 0.15) is 0 Å². The number of halogens is 1. The van der Waals surface area contributed by atoms with Crippen LogP contribution in [0, 0.1) is 6.92 Å². The molecule has 0 saturated heterocycles. The Labute approximate surface area is 108 Å². The summed E-state index contributed by atoms with van der Waals surface area (Å²) < 4.78 is 2.39. The van der Waals surface area contributed by atoms with E-state index in [9.17, 15) is 4.79 Å². The monoisotopic (exact) mass is 291 g/mol. The van der Waals surface area contributed by atoms with Crippen molar-refractivity contribution in [2.75, 3.05) is 0 Å². The van der Waals surface area contributed by atoms with Gasteiger partial charge in [-0.2, -0.15) is 0 Å². The second kappa shape index (κ2) is 3.70. The Morgan fingerprint density at radius 2 is 2.06 bits per heavy atom. The summed E-state index contributed by atoms with van der Waals surface area (Å²) in [5.74, 6) is 0.745. The zero-order valence-corrected chi connectivity index (χ0v) is 11.5. The molecule has 1 aromatic carbocycles. The van der Waals surface area contributed by atoms with Crippen LogP contribution in [-0.4, -0.2) is 4.57 Å².